The van der Waals surface area contributed by atoms with Gasteiger partial charge in [-0.05, 0) is 60.0 Å². The molecule has 8 heteroatoms. The fourth-order valence-electron chi connectivity index (χ4n) is 4.44. The Labute approximate surface area is 236 Å². The number of nitrogens with two attached hydrogens (primary N) is 1. The lowest BCUT2D eigenvalue weighted by molar-refractivity contribution is -0.136. The molecule has 1 heterocycles. The van der Waals surface area contributed by atoms with Crippen LogP contribution >= 0.6 is 11.6 Å². The van der Waals surface area contributed by atoms with Gasteiger partial charge in [-0.15, -0.1) is 0 Å². The topological polar surface area (TPSA) is 104 Å². The molecule has 0 spiro atoms. The normalized spacial score (nSPS) is 14.0. The maximum absolute atomic E-state index is 12.5. The zero-order chi connectivity index (χ0) is 28.1. The molecule has 4 aromatic rings. The van der Waals surface area contributed by atoms with Crippen molar-refractivity contribution in [1.29, 1.82) is 5.26 Å². The molecule has 1 unspecified atom stereocenters. The molecule has 0 aliphatic carbocycles. The highest BCUT2D eigenvalue weighted by molar-refractivity contribution is 6.30. The number of benzene rings is 4. The molecular formula is C32H25ClN2O5. The summed E-state index contributed by atoms with van der Waals surface area (Å²) in [5.41, 5.74) is 9.81. The molecule has 1 aliphatic rings. The SMILES string of the molecule is Cc1cc(Cl)ccc1OCC(=O)Oc1ccc2c(c1)OC(N)=C(C#N)C2c1cccc(OCc2ccccc2)c1. The standard InChI is InChI=1S/C32H25ClN2O5/c1-20-14-23(33)10-13-28(20)38-19-30(36)39-25-11-12-26-29(16-25)40-32(35)27(17-34)31(26)22-8-5-9-24(15-22)37-18-21-6-3-2-4-7-21/h2-16,31H,18-19,35H2,1H3. The molecule has 1 atom stereocenters. The van der Waals surface area contributed by atoms with Gasteiger partial charge in [-0.2, -0.15) is 5.26 Å². The second-order valence-electron chi connectivity index (χ2n) is 9.14. The number of halogens is 1. The van der Waals surface area contributed by atoms with Crippen LogP contribution in [0.5, 0.6) is 23.0 Å². The maximum Gasteiger partial charge on any atom is 0.349 e. The second kappa shape index (κ2) is 11.9. The highest BCUT2D eigenvalue weighted by atomic mass is 35.5. The van der Waals surface area contributed by atoms with Crippen molar-refractivity contribution >= 4 is 17.6 Å². The van der Waals surface area contributed by atoms with Crippen LogP contribution in [0.1, 0.15) is 28.2 Å². The first-order valence-electron chi connectivity index (χ1n) is 12.5. The predicted molar refractivity (Wildman–Crippen MR) is 150 cm³/mol. The molecule has 0 radical (unpaired) electrons. The van der Waals surface area contributed by atoms with Crippen molar-refractivity contribution in [2.24, 2.45) is 5.73 Å². The first kappa shape index (κ1) is 26.7. The van der Waals surface area contributed by atoms with Gasteiger partial charge in [0.05, 0.1) is 5.92 Å². The predicted octanol–water partition coefficient (Wildman–Crippen LogP) is 6.43. The third-order valence-electron chi connectivity index (χ3n) is 6.34. The number of hydrogen-bond donors (Lipinski definition) is 1. The van der Waals surface area contributed by atoms with Crippen molar-refractivity contribution in [3.63, 3.8) is 0 Å². The third kappa shape index (κ3) is 6.04. The zero-order valence-corrected chi connectivity index (χ0v) is 22.4. The monoisotopic (exact) mass is 552 g/mol. The van der Waals surface area contributed by atoms with Crippen LogP contribution in [0.4, 0.5) is 0 Å². The number of aryl methyl sites for hydroxylation is 1. The minimum absolute atomic E-state index is 0.0133. The maximum atomic E-state index is 12.5. The van der Waals surface area contributed by atoms with Gasteiger partial charge in [0, 0.05) is 16.7 Å². The van der Waals surface area contributed by atoms with Crippen molar-refractivity contribution in [2.75, 3.05) is 6.61 Å². The molecule has 0 amide bonds. The quantitative estimate of drug-likeness (QED) is 0.198. The number of allylic oxidation sites excluding steroid dienone is 1. The van der Waals surface area contributed by atoms with Crippen molar-refractivity contribution < 1.29 is 23.7 Å². The Balaban J connectivity index is 1.34. The van der Waals surface area contributed by atoms with Gasteiger partial charge in [-0.3, -0.25) is 0 Å². The van der Waals surface area contributed by atoms with E-state index in [-0.39, 0.29) is 23.8 Å². The van der Waals surface area contributed by atoms with Crippen molar-refractivity contribution in [1.82, 2.24) is 0 Å². The van der Waals surface area contributed by atoms with E-state index in [0.29, 0.717) is 34.4 Å². The van der Waals surface area contributed by atoms with Crippen LogP contribution in [-0.2, 0) is 11.4 Å². The lowest BCUT2D eigenvalue weighted by Crippen LogP contribution is -2.22. The van der Waals surface area contributed by atoms with Gasteiger partial charge < -0.3 is 24.7 Å². The van der Waals surface area contributed by atoms with Gasteiger partial charge in [0.2, 0.25) is 5.88 Å². The number of nitrogens with zero attached hydrogens (tertiary/aromatic N) is 1. The van der Waals surface area contributed by atoms with Crippen LogP contribution in [0, 0.1) is 18.3 Å². The number of esters is 1. The summed E-state index contributed by atoms with van der Waals surface area (Å²) in [5.74, 6) is 0.743. The summed E-state index contributed by atoms with van der Waals surface area (Å²) >= 11 is 5.97. The molecule has 0 saturated carbocycles. The Kier molecular flexibility index (Phi) is 7.90. The summed E-state index contributed by atoms with van der Waals surface area (Å²) in [6, 6.07) is 29.7. The summed E-state index contributed by atoms with van der Waals surface area (Å²) in [7, 11) is 0. The second-order valence-corrected chi connectivity index (χ2v) is 9.58. The van der Waals surface area contributed by atoms with E-state index >= 15 is 0 Å². The molecule has 2 N–H and O–H groups in total. The van der Waals surface area contributed by atoms with Crippen LogP contribution in [0.3, 0.4) is 0 Å². The minimum atomic E-state index is -0.592. The van der Waals surface area contributed by atoms with Gasteiger partial charge >= 0.3 is 5.97 Å². The molecule has 5 rings (SSSR count). The van der Waals surface area contributed by atoms with Crippen LogP contribution < -0.4 is 24.7 Å². The number of carbonyl (C=O) groups excluding carboxylic acids is 1. The Hall–Kier alpha value is -4.93. The molecule has 0 bridgehead atoms. The van der Waals surface area contributed by atoms with Gasteiger partial charge in [0.15, 0.2) is 6.61 Å². The first-order chi connectivity index (χ1) is 19.4. The van der Waals surface area contributed by atoms with E-state index in [0.717, 1.165) is 16.7 Å². The van der Waals surface area contributed by atoms with Crippen molar-refractivity contribution in [3.8, 4) is 29.1 Å². The number of carbonyl (C=O) groups is 1. The lowest BCUT2D eigenvalue weighted by Gasteiger charge is -2.27. The van der Waals surface area contributed by atoms with E-state index in [1.54, 1.807) is 36.4 Å². The largest absolute Gasteiger partial charge is 0.489 e. The number of fused-ring (bicyclic) bond motifs is 1. The summed E-state index contributed by atoms with van der Waals surface area (Å²) in [5, 5.41) is 10.5. The average Bonchev–Trinajstić information content (AvgIpc) is 2.95. The molecular weight excluding hydrogens is 528 g/mol. The van der Waals surface area contributed by atoms with E-state index < -0.39 is 11.9 Å². The van der Waals surface area contributed by atoms with Crippen molar-refractivity contribution in [3.05, 3.63) is 130 Å². The smallest absolute Gasteiger partial charge is 0.349 e. The van der Waals surface area contributed by atoms with Crippen molar-refractivity contribution in [2.45, 2.75) is 19.4 Å². The van der Waals surface area contributed by atoms with E-state index in [4.69, 9.17) is 36.3 Å². The Morgan fingerprint density at radius 3 is 2.58 bits per heavy atom. The Bertz CT molecular complexity index is 1630. The number of hydrogen-bond acceptors (Lipinski definition) is 7. The van der Waals surface area contributed by atoms with E-state index in [2.05, 4.69) is 6.07 Å². The molecule has 0 fully saturated rings. The Morgan fingerprint density at radius 2 is 1.80 bits per heavy atom. The molecule has 1 aliphatic heterocycles. The first-order valence-corrected chi connectivity index (χ1v) is 12.9. The van der Waals surface area contributed by atoms with Gasteiger partial charge in [0.1, 0.15) is 41.2 Å². The zero-order valence-electron chi connectivity index (χ0n) is 21.6. The average molecular weight is 553 g/mol. The summed E-state index contributed by atoms with van der Waals surface area (Å²) in [6.07, 6.45) is 0. The van der Waals surface area contributed by atoms with Gasteiger partial charge in [-0.25, -0.2) is 4.79 Å². The van der Waals surface area contributed by atoms with Crippen LogP contribution in [0.15, 0.2) is 102 Å². The number of nitriles is 1. The summed E-state index contributed by atoms with van der Waals surface area (Å²) < 4.78 is 22.8. The number of rotatable bonds is 8. The summed E-state index contributed by atoms with van der Waals surface area (Å²) in [4.78, 5) is 12.5. The molecule has 4 aromatic carbocycles. The van der Waals surface area contributed by atoms with Gasteiger partial charge in [-0.1, -0.05) is 60.1 Å². The Morgan fingerprint density at radius 1 is 0.975 bits per heavy atom. The third-order valence-corrected chi connectivity index (χ3v) is 6.58. The van der Waals surface area contributed by atoms with Crippen LogP contribution in [0.25, 0.3) is 0 Å². The lowest BCUT2D eigenvalue weighted by atomic mass is 9.83. The molecule has 0 saturated heterocycles. The van der Waals surface area contributed by atoms with E-state index in [1.807, 2.05) is 61.5 Å². The van der Waals surface area contributed by atoms with Crippen LogP contribution in [-0.4, -0.2) is 12.6 Å². The van der Waals surface area contributed by atoms with Gasteiger partial charge in [0.25, 0.3) is 0 Å². The van der Waals surface area contributed by atoms with E-state index in [9.17, 15) is 10.1 Å². The summed E-state index contributed by atoms with van der Waals surface area (Å²) in [6.45, 7) is 1.95. The fraction of sp³-hybridized carbons (Fsp3) is 0.125. The van der Waals surface area contributed by atoms with Crippen LogP contribution in [0.2, 0.25) is 5.02 Å². The highest BCUT2D eigenvalue weighted by Gasteiger charge is 2.31. The molecule has 7 nitrogen and oxygen atoms in total. The molecule has 40 heavy (non-hydrogen) atoms. The van der Waals surface area contributed by atoms with E-state index in [1.165, 1.54) is 0 Å². The highest BCUT2D eigenvalue weighted by Crippen LogP contribution is 2.44. The minimum Gasteiger partial charge on any atom is -0.489 e. The fourth-order valence-corrected chi connectivity index (χ4v) is 4.67. The molecule has 200 valence electrons. The molecule has 0 aromatic heterocycles. The number of ether oxygens (including phenoxy) is 4.